The zero-order chi connectivity index (χ0) is 10.8. The third kappa shape index (κ3) is 2.19. The molecule has 0 aromatic heterocycles. The van der Waals surface area contributed by atoms with E-state index in [0.717, 1.165) is 17.0 Å². The minimum absolute atomic E-state index is 0.211. The van der Waals surface area contributed by atoms with Crippen LogP contribution in [0.4, 0.5) is 0 Å². The fourth-order valence-electron chi connectivity index (χ4n) is 1.33. The normalized spacial score (nSPS) is 11.4. The highest BCUT2D eigenvalue weighted by atomic mass is 35.5. The first-order valence-corrected chi connectivity index (χ1v) is 5.31. The second-order valence-corrected chi connectivity index (χ2v) is 4.59. The molecule has 0 radical (unpaired) electrons. The van der Waals surface area contributed by atoms with E-state index >= 15 is 0 Å². The summed E-state index contributed by atoms with van der Waals surface area (Å²) in [4.78, 5) is 0. The monoisotopic (exact) mass is 208 g/mol. The van der Waals surface area contributed by atoms with Gasteiger partial charge in [0.2, 0.25) is 0 Å². The number of halogens is 1. The van der Waals surface area contributed by atoms with Crippen molar-refractivity contribution in [1.82, 2.24) is 0 Å². The molecular formula is C13H17Cl. The summed E-state index contributed by atoms with van der Waals surface area (Å²) in [6, 6.07) is 6.17. The Bertz CT molecular complexity index is 337. The van der Waals surface area contributed by atoms with Crippen molar-refractivity contribution in [2.75, 3.05) is 0 Å². The maximum Gasteiger partial charge on any atom is 0.0478 e. The number of hydrogen-bond donors (Lipinski definition) is 0. The van der Waals surface area contributed by atoms with Gasteiger partial charge in [0.25, 0.3) is 0 Å². The predicted octanol–water partition coefficient (Wildman–Crippen LogP) is 4.67. The lowest BCUT2D eigenvalue weighted by Gasteiger charge is -2.23. The second kappa shape index (κ2) is 4.18. The molecule has 0 spiro atoms. The molecule has 0 N–H and O–H groups in total. The third-order valence-electron chi connectivity index (χ3n) is 2.88. The van der Waals surface area contributed by atoms with Gasteiger partial charge in [0.15, 0.2) is 0 Å². The van der Waals surface area contributed by atoms with Crippen LogP contribution in [0.5, 0.6) is 0 Å². The molecule has 76 valence electrons. The van der Waals surface area contributed by atoms with E-state index in [4.69, 9.17) is 11.6 Å². The summed E-state index contributed by atoms with van der Waals surface area (Å²) in [6.07, 6.45) is 2.92. The Balaban J connectivity index is 3.19. The Hall–Kier alpha value is -0.750. The summed E-state index contributed by atoms with van der Waals surface area (Å²) >= 11 is 6.02. The molecule has 0 saturated heterocycles. The standard InChI is InChI=1S/C13H17Cl/c1-5-10-9-11(7-8-12(10)14)13(3,4)6-2/h5,7-9H,1,6H2,2-4H3. The summed E-state index contributed by atoms with van der Waals surface area (Å²) in [7, 11) is 0. The van der Waals surface area contributed by atoms with Crippen LogP contribution in [0.3, 0.4) is 0 Å². The fraction of sp³-hybridized carbons (Fsp3) is 0.385. The third-order valence-corrected chi connectivity index (χ3v) is 3.23. The molecule has 1 rings (SSSR count). The van der Waals surface area contributed by atoms with Crippen LogP contribution < -0.4 is 0 Å². The molecule has 1 aromatic carbocycles. The van der Waals surface area contributed by atoms with Gasteiger partial charge < -0.3 is 0 Å². The minimum atomic E-state index is 0.211. The zero-order valence-electron chi connectivity index (χ0n) is 9.10. The van der Waals surface area contributed by atoms with Crippen LogP contribution >= 0.6 is 11.6 Å². The van der Waals surface area contributed by atoms with Crippen molar-refractivity contribution in [2.24, 2.45) is 0 Å². The SMILES string of the molecule is C=Cc1cc(C(C)(C)CC)ccc1Cl. The van der Waals surface area contributed by atoms with Gasteiger partial charge in [0, 0.05) is 5.02 Å². The number of benzene rings is 1. The van der Waals surface area contributed by atoms with Gasteiger partial charge in [-0.05, 0) is 35.1 Å². The molecule has 0 aliphatic rings. The molecule has 1 aromatic rings. The van der Waals surface area contributed by atoms with Crippen LogP contribution in [-0.4, -0.2) is 0 Å². The van der Waals surface area contributed by atoms with Crippen molar-refractivity contribution in [3.8, 4) is 0 Å². The van der Waals surface area contributed by atoms with Crippen LogP contribution in [0, 0.1) is 0 Å². The molecule has 0 fully saturated rings. The first-order chi connectivity index (χ1) is 6.51. The van der Waals surface area contributed by atoms with E-state index in [1.807, 2.05) is 6.07 Å². The average molecular weight is 209 g/mol. The highest BCUT2D eigenvalue weighted by Crippen LogP contribution is 2.29. The van der Waals surface area contributed by atoms with Crippen molar-refractivity contribution >= 4 is 17.7 Å². The van der Waals surface area contributed by atoms with Gasteiger partial charge in [-0.15, -0.1) is 0 Å². The van der Waals surface area contributed by atoms with Gasteiger partial charge >= 0.3 is 0 Å². The van der Waals surface area contributed by atoms with Crippen molar-refractivity contribution in [3.05, 3.63) is 40.9 Å². The Kier molecular flexibility index (Phi) is 3.38. The number of rotatable bonds is 3. The second-order valence-electron chi connectivity index (χ2n) is 4.18. The van der Waals surface area contributed by atoms with E-state index in [1.54, 1.807) is 6.08 Å². The van der Waals surface area contributed by atoms with Gasteiger partial charge in [-0.25, -0.2) is 0 Å². The van der Waals surface area contributed by atoms with E-state index < -0.39 is 0 Å². The lowest BCUT2D eigenvalue weighted by molar-refractivity contribution is 0.506. The van der Waals surface area contributed by atoms with Gasteiger partial charge in [0.1, 0.15) is 0 Å². The highest BCUT2D eigenvalue weighted by molar-refractivity contribution is 6.32. The summed E-state index contributed by atoms with van der Waals surface area (Å²) in [5.41, 5.74) is 2.55. The predicted molar refractivity (Wildman–Crippen MR) is 64.9 cm³/mol. The van der Waals surface area contributed by atoms with Gasteiger partial charge in [0.05, 0.1) is 0 Å². The van der Waals surface area contributed by atoms with Crippen LogP contribution in [0.25, 0.3) is 6.08 Å². The molecule has 0 saturated carbocycles. The van der Waals surface area contributed by atoms with Crippen LogP contribution in [0.1, 0.15) is 38.3 Å². The van der Waals surface area contributed by atoms with Gasteiger partial charge in [-0.3, -0.25) is 0 Å². The molecule has 0 aliphatic carbocycles. The zero-order valence-corrected chi connectivity index (χ0v) is 9.86. The van der Waals surface area contributed by atoms with Crippen LogP contribution in [0.15, 0.2) is 24.8 Å². The summed E-state index contributed by atoms with van der Waals surface area (Å²) in [6.45, 7) is 10.4. The average Bonchev–Trinajstić information content (AvgIpc) is 2.18. The smallest absolute Gasteiger partial charge is 0.0478 e. The first kappa shape index (κ1) is 11.3. The maximum absolute atomic E-state index is 6.02. The molecule has 14 heavy (non-hydrogen) atoms. The maximum atomic E-state index is 6.02. The first-order valence-electron chi connectivity index (χ1n) is 4.93. The molecule has 0 atom stereocenters. The van der Waals surface area contributed by atoms with Gasteiger partial charge in [-0.1, -0.05) is 51.1 Å². The molecule has 0 aliphatic heterocycles. The van der Waals surface area contributed by atoms with E-state index in [0.29, 0.717) is 0 Å². The van der Waals surface area contributed by atoms with E-state index in [1.165, 1.54) is 5.56 Å². The van der Waals surface area contributed by atoms with Crippen molar-refractivity contribution in [2.45, 2.75) is 32.6 Å². The van der Waals surface area contributed by atoms with E-state index in [-0.39, 0.29) is 5.41 Å². The topological polar surface area (TPSA) is 0 Å². The molecule has 0 amide bonds. The van der Waals surface area contributed by atoms with E-state index in [9.17, 15) is 0 Å². The molecule has 0 heterocycles. The highest BCUT2D eigenvalue weighted by Gasteiger charge is 2.18. The Labute approximate surface area is 91.6 Å². The Morgan fingerprint density at radius 2 is 2.07 bits per heavy atom. The Morgan fingerprint density at radius 1 is 1.43 bits per heavy atom. The lowest BCUT2D eigenvalue weighted by atomic mass is 9.82. The summed E-state index contributed by atoms with van der Waals surface area (Å²) in [5.74, 6) is 0. The largest absolute Gasteiger partial charge is 0.0984 e. The molecule has 0 unspecified atom stereocenters. The quantitative estimate of drug-likeness (QED) is 0.677. The van der Waals surface area contributed by atoms with Crippen LogP contribution in [0.2, 0.25) is 5.02 Å². The minimum Gasteiger partial charge on any atom is -0.0984 e. The molecule has 0 nitrogen and oxygen atoms in total. The van der Waals surface area contributed by atoms with Crippen molar-refractivity contribution in [3.63, 3.8) is 0 Å². The van der Waals surface area contributed by atoms with E-state index in [2.05, 4.69) is 39.5 Å². The fourth-order valence-corrected chi connectivity index (χ4v) is 1.52. The summed E-state index contributed by atoms with van der Waals surface area (Å²) < 4.78 is 0. The lowest BCUT2D eigenvalue weighted by Crippen LogP contribution is -2.15. The molecule has 0 bridgehead atoms. The number of hydrogen-bond acceptors (Lipinski definition) is 0. The molecular weight excluding hydrogens is 192 g/mol. The van der Waals surface area contributed by atoms with Crippen molar-refractivity contribution in [1.29, 1.82) is 0 Å². The van der Waals surface area contributed by atoms with Gasteiger partial charge in [-0.2, -0.15) is 0 Å². The summed E-state index contributed by atoms with van der Waals surface area (Å²) in [5, 5.41) is 0.774. The Morgan fingerprint density at radius 3 is 2.57 bits per heavy atom. The van der Waals surface area contributed by atoms with Crippen LogP contribution in [-0.2, 0) is 5.41 Å². The van der Waals surface area contributed by atoms with Crippen molar-refractivity contribution < 1.29 is 0 Å². The molecule has 1 heteroatoms.